The van der Waals surface area contributed by atoms with Gasteiger partial charge in [-0.1, -0.05) is 164 Å². The van der Waals surface area contributed by atoms with E-state index in [1.54, 1.807) is 0 Å². The first-order chi connectivity index (χ1) is 27.2. The lowest BCUT2D eigenvalue weighted by molar-refractivity contribution is 0.608. The fourth-order valence-electron chi connectivity index (χ4n) is 9.19. The predicted octanol–water partition coefficient (Wildman–Crippen LogP) is 13.2. The Morgan fingerprint density at radius 2 is 0.982 bits per heavy atom. The van der Waals surface area contributed by atoms with Crippen molar-refractivity contribution in [2.75, 3.05) is 0 Å². The van der Waals surface area contributed by atoms with Crippen LogP contribution in [0.2, 0.25) is 0 Å². The van der Waals surface area contributed by atoms with Gasteiger partial charge in [-0.25, -0.2) is 9.97 Å². The Kier molecular flexibility index (Phi) is 6.99. The van der Waals surface area contributed by atoms with Crippen molar-refractivity contribution in [1.82, 2.24) is 9.97 Å². The third kappa shape index (κ3) is 4.63. The minimum absolute atomic E-state index is 0.371. The Morgan fingerprint density at radius 3 is 1.75 bits per heavy atom. The molecule has 0 N–H and O–H groups in total. The summed E-state index contributed by atoms with van der Waals surface area (Å²) in [6.45, 7) is 2.10. The van der Waals surface area contributed by atoms with E-state index in [4.69, 9.17) is 14.4 Å². The van der Waals surface area contributed by atoms with E-state index in [-0.39, 0.29) is 5.41 Å². The van der Waals surface area contributed by atoms with Gasteiger partial charge in [0.2, 0.25) is 0 Å². The molecule has 2 aliphatic carbocycles. The summed E-state index contributed by atoms with van der Waals surface area (Å²) >= 11 is 0. The summed E-state index contributed by atoms with van der Waals surface area (Å²) in [7, 11) is 0. The Morgan fingerprint density at radius 1 is 0.418 bits per heavy atom. The highest BCUT2D eigenvalue weighted by molar-refractivity contribution is 6.00. The molecule has 0 aliphatic heterocycles. The van der Waals surface area contributed by atoms with Gasteiger partial charge in [-0.3, -0.25) is 0 Å². The second kappa shape index (κ2) is 12.2. The van der Waals surface area contributed by atoms with Gasteiger partial charge in [0.1, 0.15) is 11.8 Å². The number of aryl methyl sites for hydroxylation is 1. The molecule has 55 heavy (non-hydrogen) atoms. The summed E-state index contributed by atoms with van der Waals surface area (Å²) in [6.07, 6.45) is 1.81. The maximum Gasteiger partial charge on any atom is 0.160 e. The summed E-state index contributed by atoms with van der Waals surface area (Å²) < 4.78 is 6.33. The minimum atomic E-state index is -0.371. The topological polar surface area (TPSA) is 38.9 Å². The van der Waals surface area contributed by atoms with Crippen molar-refractivity contribution in [1.29, 1.82) is 0 Å². The van der Waals surface area contributed by atoms with Gasteiger partial charge in [0.25, 0.3) is 0 Å². The third-order valence-electron chi connectivity index (χ3n) is 11.6. The molecule has 9 aromatic rings. The number of fused-ring (bicyclic) bond motifs is 12. The molecule has 2 heterocycles. The zero-order valence-electron chi connectivity index (χ0n) is 30.2. The largest absolute Gasteiger partial charge is 0.464 e. The molecule has 0 amide bonds. The van der Waals surface area contributed by atoms with Crippen LogP contribution < -0.4 is 0 Å². The van der Waals surface area contributed by atoms with Crippen LogP contribution in [0.1, 0.15) is 27.8 Å². The Balaban J connectivity index is 1.06. The van der Waals surface area contributed by atoms with E-state index in [2.05, 4.69) is 159 Å². The van der Waals surface area contributed by atoms with Crippen molar-refractivity contribution in [2.24, 2.45) is 0 Å². The van der Waals surface area contributed by atoms with Crippen molar-refractivity contribution < 1.29 is 4.42 Å². The highest BCUT2D eigenvalue weighted by Crippen LogP contribution is 2.63. The number of hydrogen-bond donors (Lipinski definition) is 0. The molecule has 258 valence electrons. The van der Waals surface area contributed by atoms with Gasteiger partial charge in [0.05, 0.1) is 16.6 Å². The monoisotopic (exact) mass is 702 g/mol. The van der Waals surface area contributed by atoms with E-state index in [1.807, 2.05) is 36.6 Å². The molecule has 7 aromatic carbocycles. The molecule has 11 rings (SSSR count). The predicted molar refractivity (Wildman–Crippen MR) is 224 cm³/mol. The van der Waals surface area contributed by atoms with Gasteiger partial charge in [0.15, 0.2) is 5.82 Å². The first-order valence-electron chi connectivity index (χ1n) is 18.8. The lowest BCUT2D eigenvalue weighted by Gasteiger charge is -2.30. The lowest BCUT2D eigenvalue weighted by Crippen LogP contribution is -2.25. The van der Waals surface area contributed by atoms with Crippen LogP contribution in [0, 0.1) is 6.92 Å². The number of nitrogens with zero attached hydrogens (tertiary/aromatic N) is 2. The van der Waals surface area contributed by atoms with Crippen LogP contribution in [0.25, 0.3) is 77.9 Å². The minimum Gasteiger partial charge on any atom is -0.464 e. The second-order valence-corrected chi connectivity index (χ2v) is 14.5. The number of aromatic nitrogens is 2. The molecule has 3 heteroatoms. The van der Waals surface area contributed by atoms with Crippen LogP contribution in [0.5, 0.6) is 0 Å². The van der Waals surface area contributed by atoms with E-state index in [1.165, 1.54) is 50.1 Å². The van der Waals surface area contributed by atoms with Gasteiger partial charge in [-0.05, 0) is 86.3 Å². The third-order valence-corrected chi connectivity index (χ3v) is 11.6. The molecule has 0 saturated heterocycles. The van der Waals surface area contributed by atoms with Crippen molar-refractivity contribution in [3.8, 4) is 56.0 Å². The standard InChI is InChI=1S/C52H34N2O/c1-33-14-12-15-36(32-55-48-27-11-6-16-37(33)48)50-42-20-5-10-26-47(42)53-51(54-50)35-30-28-34(29-31-35)38-21-13-25-46-49(38)41-19-4-9-24-45(41)52(46)43-22-7-2-17-39(43)40-18-3-8-23-44(40)52/h2-32H,1H3. The molecule has 0 bridgehead atoms. The fraction of sp³-hybridized carbons (Fsp3) is 0.0385. The van der Waals surface area contributed by atoms with Gasteiger partial charge < -0.3 is 4.42 Å². The van der Waals surface area contributed by atoms with E-state index < -0.39 is 0 Å². The molecular weight excluding hydrogens is 669 g/mol. The van der Waals surface area contributed by atoms with Gasteiger partial charge in [0, 0.05) is 21.9 Å². The summed E-state index contributed by atoms with van der Waals surface area (Å²) in [5, 5.41) is 2.04. The summed E-state index contributed by atoms with van der Waals surface area (Å²) in [4.78, 5) is 10.3. The number of para-hydroxylation sites is 2. The average Bonchev–Trinajstić information content (AvgIpc) is 3.74. The Bertz CT molecular complexity index is 3020. The lowest BCUT2D eigenvalue weighted by atomic mass is 9.70. The molecule has 1 spiro atoms. The summed E-state index contributed by atoms with van der Waals surface area (Å²) in [6, 6.07) is 65.1. The Hall–Kier alpha value is -7.10. The van der Waals surface area contributed by atoms with Crippen molar-refractivity contribution >= 4 is 21.9 Å². The highest BCUT2D eigenvalue weighted by atomic mass is 16.3. The van der Waals surface area contributed by atoms with Gasteiger partial charge in [-0.2, -0.15) is 0 Å². The van der Waals surface area contributed by atoms with Crippen LogP contribution in [0.4, 0.5) is 0 Å². The molecule has 2 aromatic heterocycles. The number of hydrogen-bond acceptors (Lipinski definition) is 3. The van der Waals surface area contributed by atoms with Crippen LogP contribution >= 0.6 is 0 Å². The zero-order chi connectivity index (χ0) is 36.5. The van der Waals surface area contributed by atoms with Gasteiger partial charge >= 0.3 is 0 Å². The summed E-state index contributed by atoms with van der Waals surface area (Å²) in [5.41, 5.74) is 18.1. The molecule has 0 saturated carbocycles. The fourth-order valence-corrected chi connectivity index (χ4v) is 9.19. The van der Waals surface area contributed by atoms with Crippen molar-refractivity contribution in [3.63, 3.8) is 0 Å². The van der Waals surface area contributed by atoms with Gasteiger partial charge in [-0.15, -0.1) is 0 Å². The quantitative estimate of drug-likeness (QED) is 0.184. The molecular formula is C52H34N2O. The zero-order valence-corrected chi connectivity index (χ0v) is 30.2. The van der Waals surface area contributed by atoms with Crippen LogP contribution in [-0.4, -0.2) is 9.97 Å². The van der Waals surface area contributed by atoms with E-state index in [0.29, 0.717) is 5.82 Å². The van der Waals surface area contributed by atoms with Crippen LogP contribution in [0.15, 0.2) is 193 Å². The van der Waals surface area contributed by atoms with E-state index in [0.717, 1.165) is 49.8 Å². The number of rotatable bonds is 3. The molecule has 0 unspecified atom stereocenters. The average molecular weight is 703 g/mol. The van der Waals surface area contributed by atoms with Crippen molar-refractivity contribution in [2.45, 2.75) is 12.3 Å². The first kappa shape index (κ1) is 31.4. The number of benzene rings is 7. The maximum absolute atomic E-state index is 6.33. The normalized spacial score (nSPS) is 13.0. The molecule has 0 radical (unpaired) electrons. The molecule has 0 fully saturated rings. The molecule has 2 aliphatic rings. The maximum atomic E-state index is 6.33. The molecule has 0 atom stereocenters. The molecule has 3 nitrogen and oxygen atoms in total. The van der Waals surface area contributed by atoms with Crippen LogP contribution in [0.3, 0.4) is 0 Å². The second-order valence-electron chi connectivity index (χ2n) is 14.5. The van der Waals surface area contributed by atoms with E-state index >= 15 is 0 Å². The van der Waals surface area contributed by atoms with Crippen LogP contribution in [-0.2, 0) is 5.41 Å². The summed E-state index contributed by atoms with van der Waals surface area (Å²) in [5.74, 6) is 0.670. The first-order valence-corrected chi connectivity index (χ1v) is 18.8. The Labute approximate surface area is 319 Å². The smallest absolute Gasteiger partial charge is 0.160 e. The van der Waals surface area contributed by atoms with E-state index in [9.17, 15) is 0 Å². The van der Waals surface area contributed by atoms with Crippen molar-refractivity contribution in [3.05, 3.63) is 216 Å². The SMILES string of the molecule is Cc1cccc(-c2nc(-c3ccc(-c4cccc5c4-c4ccccc4C54c5ccccc5-c5ccccc54)cc3)nc3ccccc23)coc2ccccc12. The highest BCUT2D eigenvalue weighted by Gasteiger charge is 2.51.